The molecule has 1 atom stereocenters. The lowest BCUT2D eigenvalue weighted by Gasteiger charge is -2.22. The van der Waals surface area contributed by atoms with Gasteiger partial charge in [-0.25, -0.2) is 0 Å². The second-order valence-electron chi connectivity index (χ2n) is 5.18. The molecule has 1 unspecified atom stereocenters. The van der Waals surface area contributed by atoms with E-state index in [2.05, 4.69) is 12.2 Å². The highest BCUT2D eigenvalue weighted by Crippen LogP contribution is 2.21. The Kier molecular flexibility index (Phi) is 7.23. The number of rotatable bonds is 7. The van der Waals surface area contributed by atoms with E-state index in [0.717, 1.165) is 24.9 Å². The molecule has 0 saturated heterocycles. The molecule has 0 saturated carbocycles. The maximum atomic E-state index is 12.2. The Labute approximate surface area is 131 Å². The molecule has 5 heteroatoms. The number of halogens is 1. The van der Waals surface area contributed by atoms with Crippen molar-refractivity contribution in [3.63, 3.8) is 0 Å². The second-order valence-corrected chi connectivity index (χ2v) is 5.62. The van der Waals surface area contributed by atoms with Crippen molar-refractivity contribution in [1.82, 2.24) is 10.2 Å². The van der Waals surface area contributed by atoms with Crippen molar-refractivity contribution in [1.29, 1.82) is 0 Å². The van der Waals surface area contributed by atoms with E-state index in [-0.39, 0.29) is 24.3 Å². The van der Waals surface area contributed by atoms with Gasteiger partial charge in [-0.15, -0.1) is 0 Å². The number of nitrogens with one attached hydrogen (secondary N) is 1. The monoisotopic (exact) mass is 310 g/mol. The highest BCUT2D eigenvalue weighted by Gasteiger charge is 2.19. The van der Waals surface area contributed by atoms with Crippen LogP contribution in [0.3, 0.4) is 0 Å². The number of unbranched alkanes of at least 4 members (excludes halogenated alkanes) is 1. The summed E-state index contributed by atoms with van der Waals surface area (Å²) in [5.41, 5.74) is 0.843. The highest BCUT2D eigenvalue weighted by atomic mass is 35.5. The first-order chi connectivity index (χ1) is 9.93. The van der Waals surface area contributed by atoms with Gasteiger partial charge in [0.1, 0.15) is 0 Å². The molecule has 116 valence electrons. The summed E-state index contributed by atoms with van der Waals surface area (Å²) in [5.74, 6) is -0.147. The van der Waals surface area contributed by atoms with Crippen molar-refractivity contribution in [3.05, 3.63) is 34.9 Å². The van der Waals surface area contributed by atoms with Gasteiger partial charge in [0, 0.05) is 25.5 Å². The third-order valence-electron chi connectivity index (χ3n) is 3.28. The molecule has 0 aliphatic rings. The average molecular weight is 311 g/mol. The van der Waals surface area contributed by atoms with Gasteiger partial charge in [-0.05, 0) is 24.1 Å². The lowest BCUT2D eigenvalue weighted by Crippen LogP contribution is -2.34. The van der Waals surface area contributed by atoms with Gasteiger partial charge in [-0.1, -0.05) is 37.1 Å². The van der Waals surface area contributed by atoms with Crippen LogP contribution in [0.2, 0.25) is 5.02 Å². The largest absolute Gasteiger partial charge is 0.349 e. The molecule has 1 aromatic carbocycles. The van der Waals surface area contributed by atoms with E-state index in [9.17, 15) is 9.59 Å². The molecule has 0 aliphatic carbocycles. The summed E-state index contributed by atoms with van der Waals surface area (Å²) in [6.07, 6.45) is 2.26. The SMILES string of the molecule is CCCCN(C)C(=O)CC(NC(C)=O)c1cccc(Cl)c1. The number of amides is 2. The van der Waals surface area contributed by atoms with E-state index in [1.165, 1.54) is 6.92 Å². The Hall–Kier alpha value is -1.55. The first kappa shape index (κ1) is 17.5. The maximum Gasteiger partial charge on any atom is 0.224 e. The molecule has 1 aromatic rings. The van der Waals surface area contributed by atoms with Crippen LogP contribution in [0.1, 0.15) is 44.7 Å². The van der Waals surface area contributed by atoms with Crippen molar-refractivity contribution in [3.8, 4) is 0 Å². The van der Waals surface area contributed by atoms with Crippen LogP contribution in [0.4, 0.5) is 0 Å². The van der Waals surface area contributed by atoms with E-state index >= 15 is 0 Å². The third kappa shape index (κ3) is 6.17. The van der Waals surface area contributed by atoms with Crippen molar-refractivity contribution in [2.45, 2.75) is 39.2 Å². The number of nitrogens with zero attached hydrogens (tertiary/aromatic N) is 1. The molecule has 0 heterocycles. The predicted octanol–water partition coefficient (Wildman–Crippen LogP) is 3.17. The van der Waals surface area contributed by atoms with Crippen molar-refractivity contribution in [2.24, 2.45) is 0 Å². The van der Waals surface area contributed by atoms with Crippen LogP contribution < -0.4 is 5.32 Å². The van der Waals surface area contributed by atoms with E-state index in [4.69, 9.17) is 11.6 Å². The Bertz CT molecular complexity index is 491. The molecule has 4 nitrogen and oxygen atoms in total. The van der Waals surface area contributed by atoms with Gasteiger partial charge < -0.3 is 10.2 Å². The number of hydrogen-bond donors (Lipinski definition) is 1. The molecule has 2 amide bonds. The molecular formula is C16H23ClN2O2. The van der Waals surface area contributed by atoms with Gasteiger partial charge in [0.05, 0.1) is 12.5 Å². The molecule has 0 aliphatic heterocycles. The number of benzene rings is 1. The van der Waals surface area contributed by atoms with E-state index in [1.807, 2.05) is 12.1 Å². The Morgan fingerprint density at radius 1 is 1.38 bits per heavy atom. The molecule has 21 heavy (non-hydrogen) atoms. The lowest BCUT2D eigenvalue weighted by atomic mass is 10.0. The number of carbonyl (C=O) groups is 2. The van der Waals surface area contributed by atoms with Gasteiger partial charge in [-0.2, -0.15) is 0 Å². The zero-order valence-electron chi connectivity index (χ0n) is 12.9. The number of hydrogen-bond acceptors (Lipinski definition) is 2. The third-order valence-corrected chi connectivity index (χ3v) is 3.52. The second kappa shape index (κ2) is 8.67. The van der Waals surface area contributed by atoms with Crippen LogP contribution in [0.5, 0.6) is 0 Å². The first-order valence-corrected chi connectivity index (χ1v) is 7.58. The molecule has 0 aromatic heterocycles. The lowest BCUT2D eigenvalue weighted by molar-refractivity contribution is -0.130. The summed E-state index contributed by atoms with van der Waals surface area (Å²) < 4.78 is 0. The highest BCUT2D eigenvalue weighted by molar-refractivity contribution is 6.30. The summed E-state index contributed by atoms with van der Waals surface area (Å²) in [6.45, 7) is 4.27. The van der Waals surface area contributed by atoms with E-state index < -0.39 is 0 Å². The smallest absolute Gasteiger partial charge is 0.224 e. The van der Waals surface area contributed by atoms with Crippen molar-refractivity contribution >= 4 is 23.4 Å². The van der Waals surface area contributed by atoms with Gasteiger partial charge in [0.2, 0.25) is 11.8 Å². The summed E-state index contributed by atoms with van der Waals surface area (Å²) in [5, 5.41) is 3.41. The average Bonchev–Trinajstić information content (AvgIpc) is 2.43. The molecule has 0 fully saturated rings. The molecule has 0 spiro atoms. The fourth-order valence-electron chi connectivity index (χ4n) is 2.07. The van der Waals surface area contributed by atoms with Gasteiger partial charge in [-0.3, -0.25) is 9.59 Å². The minimum Gasteiger partial charge on any atom is -0.349 e. The molecule has 0 bridgehead atoms. The van der Waals surface area contributed by atoms with Crippen LogP contribution in [0.25, 0.3) is 0 Å². The summed E-state index contributed by atoms with van der Waals surface area (Å²) in [4.78, 5) is 25.3. The molecule has 0 radical (unpaired) electrons. The van der Waals surface area contributed by atoms with E-state index in [0.29, 0.717) is 5.02 Å². The topological polar surface area (TPSA) is 49.4 Å². The van der Waals surface area contributed by atoms with Crippen LogP contribution in [0.15, 0.2) is 24.3 Å². The maximum absolute atomic E-state index is 12.2. The summed E-state index contributed by atoms with van der Waals surface area (Å²) in [7, 11) is 1.79. The fraction of sp³-hybridized carbons (Fsp3) is 0.500. The van der Waals surface area contributed by atoms with E-state index in [1.54, 1.807) is 24.1 Å². The first-order valence-electron chi connectivity index (χ1n) is 7.20. The minimum absolute atomic E-state index is 0.0159. The van der Waals surface area contributed by atoms with Crippen LogP contribution in [-0.4, -0.2) is 30.3 Å². The Balaban J connectivity index is 2.79. The van der Waals surface area contributed by atoms with Crippen LogP contribution in [0, 0.1) is 0 Å². The van der Waals surface area contributed by atoms with Gasteiger partial charge in [0.15, 0.2) is 0 Å². The minimum atomic E-state index is -0.349. The fourth-order valence-corrected chi connectivity index (χ4v) is 2.27. The van der Waals surface area contributed by atoms with Crippen LogP contribution in [-0.2, 0) is 9.59 Å². The van der Waals surface area contributed by atoms with Crippen LogP contribution >= 0.6 is 11.6 Å². The predicted molar refractivity (Wildman–Crippen MR) is 85.2 cm³/mol. The van der Waals surface area contributed by atoms with Gasteiger partial charge in [0.25, 0.3) is 0 Å². The molecule has 1 rings (SSSR count). The zero-order chi connectivity index (χ0) is 15.8. The zero-order valence-corrected chi connectivity index (χ0v) is 13.6. The number of carbonyl (C=O) groups excluding carboxylic acids is 2. The van der Waals surface area contributed by atoms with Crippen molar-refractivity contribution < 1.29 is 9.59 Å². The molecular weight excluding hydrogens is 288 g/mol. The summed E-state index contributed by atoms with van der Waals surface area (Å²) >= 11 is 5.99. The van der Waals surface area contributed by atoms with Crippen molar-refractivity contribution in [2.75, 3.05) is 13.6 Å². The van der Waals surface area contributed by atoms with Gasteiger partial charge >= 0.3 is 0 Å². The Morgan fingerprint density at radius 3 is 2.67 bits per heavy atom. The summed E-state index contributed by atoms with van der Waals surface area (Å²) in [6, 6.07) is 6.88. The standard InChI is InChI=1S/C16H23ClN2O2/c1-4-5-9-19(3)16(21)11-15(18-12(2)20)13-7-6-8-14(17)10-13/h6-8,10,15H,4-5,9,11H2,1-3H3,(H,18,20). The Morgan fingerprint density at radius 2 is 2.10 bits per heavy atom. The quantitative estimate of drug-likeness (QED) is 0.841. The molecule has 1 N–H and O–H groups in total. The normalized spacial score (nSPS) is 11.8.